The number of ether oxygens (including phenoxy) is 1. The van der Waals surface area contributed by atoms with Gasteiger partial charge < -0.3 is 15.8 Å². The third-order valence-electron chi connectivity index (χ3n) is 3.86. The van der Waals surface area contributed by atoms with E-state index in [0.717, 1.165) is 12.1 Å². The molecule has 2 atom stereocenters. The van der Waals surface area contributed by atoms with Crippen molar-refractivity contribution in [3.63, 3.8) is 0 Å². The van der Waals surface area contributed by atoms with E-state index in [9.17, 15) is 4.39 Å². The van der Waals surface area contributed by atoms with Crippen molar-refractivity contribution in [2.75, 3.05) is 17.7 Å². The summed E-state index contributed by atoms with van der Waals surface area (Å²) in [5.74, 6) is 0.484. The van der Waals surface area contributed by atoms with Crippen molar-refractivity contribution in [1.29, 1.82) is 0 Å². The maximum absolute atomic E-state index is 13.6. The highest BCUT2D eigenvalue weighted by Crippen LogP contribution is 2.32. The summed E-state index contributed by atoms with van der Waals surface area (Å²) >= 11 is 0. The predicted molar refractivity (Wildman–Crippen MR) is 77.0 cm³/mol. The SMILES string of the molecule is CCOc1cc(NC2CCCCC2C)c(N)cc1F. The zero-order valence-corrected chi connectivity index (χ0v) is 11.7. The van der Waals surface area contributed by atoms with Gasteiger partial charge in [-0.3, -0.25) is 0 Å². The van der Waals surface area contributed by atoms with Gasteiger partial charge in [-0.2, -0.15) is 0 Å². The van der Waals surface area contributed by atoms with Gasteiger partial charge in [0.25, 0.3) is 0 Å². The Morgan fingerprint density at radius 1 is 1.37 bits per heavy atom. The molecule has 0 aliphatic heterocycles. The summed E-state index contributed by atoms with van der Waals surface area (Å²) in [6.07, 6.45) is 4.91. The molecule has 0 bridgehead atoms. The number of hydrogen-bond donors (Lipinski definition) is 2. The first kappa shape index (κ1) is 14.0. The van der Waals surface area contributed by atoms with Crippen molar-refractivity contribution >= 4 is 11.4 Å². The van der Waals surface area contributed by atoms with Crippen molar-refractivity contribution in [2.45, 2.75) is 45.6 Å². The first-order chi connectivity index (χ1) is 9.11. The van der Waals surface area contributed by atoms with E-state index in [1.54, 1.807) is 6.07 Å². The number of nitrogen functional groups attached to an aromatic ring is 1. The van der Waals surface area contributed by atoms with Crippen LogP contribution in [0.3, 0.4) is 0 Å². The lowest BCUT2D eigenvalue weighted by Crippen LogP contribution is -2.30. The Morgan fingerprint density at radius 3 is 2.79 bits per heavy atom. The zero-order valence-electron chi connectivity index (χ0n) is 11.7. The van der Waals surface area contributed by atoms with Gasteiger partial charge in [-0.15, -0.1) is 0 Å². The van der Waals surface area contributed by atoms with E-state index in [0.29, 0.717) is 24.3 Å². The van der Waals surface area contributed by atoms with E-state index in [4.69, 9.17) is 10.5 Å². The molecule has 1 aromatic carbocycles. The lowest BCUT2D eigenvalue weighted by Gasteiger charge is -2.31. The van der Waals surface area contributed by atoms with Gasteiger partial charge in [0.1, 0.15) is 0 Å². The van der Waals surface area contributed by atoms with Crippen LogP contribution in [0, 0.1) is 11.7 Å². The lowest BCUT2D eigenvalue weighted by atomic mass is 9.86. The Morgan fingerprint density at radius 2 is 2.11 bits per heavy atom. The van der Waals surface area contributed by atoms with Crippen molar-refractivity contribution in [3.05, 3.63) is 17.9 Å². The van der Waals surface area contributed by atoms with Gasteiger partial charge in [-0.25, -0.2) is 4.39 Å². The van der Waals surface area contributed by atoms with Crippen molar-refractivity contribution in [3.8, 4) is 5.75 Å². The Balaban J connectivity index is 2.16. The third-order valence-corrected chi connectivity index (χ3v) is 3.86. The molecule has 0 amide bonds. The molecule has 1 saturated carbocycles. The average Bonchev–Trinajstić information content (AvgIpc) is 2.38. The van der Waals surface area contributed by atoms with Gasteiger partial charge in [0.15, 0.2) is 11.6 Å². The fourth-order valence-corrected chi connectivity index (χ4v) is 2.69. The highest BCUT2D eigenvalue weighted by Gasteiger charge is 2.22. The van der Waals surface area contributed by atoms with Crippen LogP contribution in [0.25, 0.3) is 0 Å². The molecule has 0 heterocycles. The van der Waals surface area contributed by atoms with Gasteiger partial charge in [0.2, 0.25) is 0 Å². The molecule has 3 N–H and O–H groups in total. The molecule has 1 aliphatic carbocycles. The quantitative estimate of drug-likeness (QED) is 0.815. The third kappa shape index (κ3) is 3.31. The average molecular weight is 266 g/mol. The number of rotatable bonds is 4. The Bertz CT molecular complexity index is 436. The van der Waals surface area contributed by atoms with Crippen LogP contribution in [0.15, 0.2) is 12.1 Å². The van der Waals surface area contributed by atoms with Crippen molar-refractivity contribution in [2.24, 2.45) is 5.92 Å². The Labute approximate surface area is 114 Å². The summed E-state index contributed by atoms with van der Waals surface area (Å²) in [5.41, 5.74) is 7.12. The van der Waals surface area contributed by atoms with Crippen molar-refractivity contribution in [1.82, 2.24) is 0 Å². The van der Waals surface area contributed by atoms with Crippen molar-refractivity contribution < 1.29 is 9.13 Å². The largest absolute Gasteiger partial charge is 0.491 e. The Kier molecular flexibility index (Phi) is 4.51. The van der Waals surface area contributed by atoms with Crippen LogP contribution in [0.4, 0.5) is 15.8 Å². The Hall–Kier alpha value is -1.45. The van der Waals surface area contributed by atoms with Gasteiger partial charge in [-0.05, 0) is 25.7 Å². The number of nitrogens with two attached hydrogens (primary N) is 1. The number of anilines is 2. The van der Waals surface area contributed by atoms with Crippen LogP contribution in [0.5, 0.6) is 5.75 Å². The first-order valence-corrected chi connectivity index (χ1v) is 7.10. The van der Waals surface area contributed by atoms with Crippen LogP contribution < -0.4 is 15.8 Å². The summed E-state index contributed by atoms with van der Waals surface area (Å²) in [4.78, 5) is 0. The van der Waals surface area contributed by atoms with E-state index in [1.807, 2.05) is 6.92 Å². The molecule has 2 rings (SSSR count). The molecule has 1 fully saturated rings. The summed E-state index contributed by atoms with van der Waals surface area (Å²) in [6, 6.07) is 3.42. The molecule has 4 heteroatoms. The van der Waals surface area contributed by atoms with Gasteiger partial charge >= 0.3 is 0 Å². The smallest absolute Gasteiger partial charge is 0.167 e. The van der Waals surface area contributed by atoms with Gasteiger partial charge in [0.05, 0.1) is 18.0 Å². The second kappa shape index (κ2) is 6.13. The molecular weight excluding hydrogens is 243 g/mol. The van der Waals surface area contributed by atoms with E-state index in [-0.39, 0.29) is 5.75 Å². The van der Waals surface area contributed by atoms with Crippen LogP contribution >= 0.6 is 0 Å². The molecule has 0 radical (unpaired) electrons. The topological polar surface area (TPSA) is 47.3 Å². The van der Waals surface area contributed by atoms with E-state index in [1.165, 1.54) is 25.3 Å². The maximum Gasteiger partial charge on any atom is 0.167 e. The monoisotopic (exact) mass is 266 g/mol. The zero-order chi connectivity index (χ0) is 13.8. The van der Waals surface area contributed by atoms with Crippen LogP contribution in [0.1, 0.15) is 39.5 Å². The summed E-state index contributed by atoms with van der Waals surface area (Å²) in [6.45, 7) is 4.53. The van der Waals surface area contributed by atoms with E-state index >= 15 is 0 Å². The second-order valence-corrected chi connectivity index (χ2v) is 5.32. The van der Waals surface area contributed by atoms with E-state index in [2.05, 4.69) is 12.2 Å². The number of benzene rings is 1. The summed E-state index contributed by atoms with van der Waals surface area (Å²) < 4.78 is 18.9. The molecule has 1 aromatic rings. The summed E-state index contributed by atoms with van der Waals surface area (Å²) in [7, 11) is 0. The summed E-state index contributed by atoms with van der Waals surface area (Å²) in [5, 5.41) is 3.45. The highest BCUT2D eigenvalue weighted by molar-refractivity contribution is 5.69. The fraction of sp³-hybridized carbons (Fsp3) is 0.600. The number of nitrogens with one attached hydrogen (secondary N) is 1. The minimum atomic E-state index is -0.401. The standard InChI is InChI=1S/C15H23FN2O/c1-3-19-15-9-14(12(17)8-11(15)16)18-13-7-5-4-6-10(13)2/h8-10,13,18H,3-7,17H2,1-2H3. The minimum absolute atomic E-state index is 0.266. The molecule has 106 valence electrons. The first-order valence-electron chi connectivity index (χ1n) is 7.10. The fourth-order valence-electron chi connectivity index (χ4n) is 2.69. The molecular formula is C15H23FN2O. The van der Waals surface area contributed by atoms with Crippen LogP contribution in [0.2, 0.25) is 0 Å². The highest BCUT2D eigenvalue weighted by atomic mass is 19.1. The normalized spacial score (nSPS) is 23.1. The minimum Gasteiger partial charge on any atom is -0.491 e. The van der Waals surface area contributed by atoms with Gasteiger partial charge in [-0.1, -0.05) is 19.8 Å². The van der Waals surface area contributed by atoms with Crippen LogP contribution in [-0.2, 0) is 0 Å². The predicted octanol–water partition coefficient (Wildman–Crippen LogP) is 3.80. The number of hydrogen-bond acceptors (Lipinski definition) is 3. The molecule has 3 nitrogen and oxygen atoms in total. The molecule has 2 unspecified atom stereocenters. The molecule has 0 saturated heterocycles. The second-order valence-electron chi connectivity index (χ2n) is 5.32. The molecule has 0 aromatic heterocycles. The van der Waals surface area contributed by atoms with Crippen LogP contribution in [-0.4, -0.2) is 12.6 Å². The lowest BCUT2D eigenvalue weighted by molar-refractivity contribution is 0.321. The maximum atomic E-state index is 13.6. The molecule has 19 heavy (non-hydrogen) atoms. The molecule has 0 spiro atoms. The van der Waals surface area contributed by atoms with E-state index < -0.39 is 5.82 Å². The number of halogens is 1. The molecule has 1 aliphatic rings. The van der Waals surface area contributed by atoms with Gasteiger partial charge in [0, 0.05) is 18.2 Å².